The highest BCUT2D eigenvalue weighted by molar-refractivity contribution is 5.87. The minimum atomic E-state index is -0.344. The number of para-hydroxylation sites is 1. The Morgan fingerprint density at radius 1 is 1.20 bits per heavy atom. The predicted molar refractivity (Wildman–Crippen MR) is 99.4 cm³/mol. The first kappa shape index (κ1) is 17.8. The van der Waals surface area contributed by atoms with E-state index < -0.39 is 0 Å². The molecule has 1 spiro atoms. The standard InChI is InChI=1S/C20H29N3O2/c1-16(2)23-12-7-10-20(19(23)25)11-13-22(15-20)18(24)14-21(3)17-8-5-4-6-9-17/h4-6,8-9,16H,7,10-15H2,1-3H3/t20-/m0/s1. The van der Waals surface area contributed by atoms with Gasteiger partial charge in [-0.2, -0.15) is 0 Å². The van der Waals surface area contributed by atoms with Crippen LogP contribution < -0.4 is 4.90 Å². The second-order valence-corrected chi connectivity index (χ2v) is 7.73. The van der Waals surface area contributed by atoms with E-state index in [0.29, 0.717) is 19.6 Å². The number of likely N-dealkylation sites (tertiary alicyclic amines) is 2. The average Bonchev–Trinajstić information content (AvgIpc) is 3.03. The molecule has 5 nitrogen and oxygen atoms in total. The van der Waals surface area contributed by atoms with Crippen molar-refractivity contribution in [2.24, 2.45) is 5.41 Å². The molecular weight excluding hydrogens is 314 g/mol. The number of carbonyl (C=O) groups excluding carboxylic acids is 2. The maximum Gasteiger partial charge on any atom is 0.242 e. The van der Waals surface area contributed by atoms with Crippen LogP contribution in [0.15, 0.2) is 30.3 Å². The van der Waals surface area contributed by atoms with Gasteiger partial charge in [-0.1, -0.05) is 18.2 Å². The maximum atomic E-state index is 13.0. The van der Waals surface area contributed by atoms with Gasteiger partial charge in [-0.25, -0.2) is 0 Å². The number of benzene rings is 1. The van der Waals surface area contributed by atoms with E-state index in [1.807, 2.05) is 52.1 Å². The molecule has 0 bridgehead atoms. The van der Waals surface area contributed by atoms with Crippen molar-refractivity contribution in [3.63, 3.8) is 0 Å². The monoisotopic (exact) mass is 343 g/mol. The van der Waals surface area contributed by atoms with E-state index in [-0.39, 0.29) is 23.3 Å². The molecule has 136 valence electrons. The molecule has 0 aliphatic carbocycles. The van der Waals surface area contributed by atoms with Crippen LogP contribution in [0.2, 0.25) is 0 Å². The van der Waals surface area contributed by atoms with Crippen LogP contribution in [0.1, 0.15) is 33.1 Å². The summed E-state index contributed by atoms with van der Waals surface area (Å²) in [7, 11) is 1.94. The first-order chi connectivity index (χ1) is 11.9. The minimum Gasteiger partial charge on any atom is -0.365 e. The van der Waals surface area contributed by atoms with Crippen molar-refractivity contribution in [1.82, 2.24) is 9.80 Å². The second kappa shape index (κ2) is 7.06. The molecule has 2 heterocycles. The minimum absolute atomic E-state index is 0.109. The highest BCUT2D eigenvalue weighted by atomic mass is 16.2. The van der Waals surface area contributed by atoms with E-state index in [9.17, 15) is 9.59 Å². The number of nitrogens with zero attached hydrogens (tertiary/aromatic N) is 3. The molecule has 2 fully saturated rings. The van der Waals surface area contributed by atoms with E-state index in [0.717, 1.165) is 31.5 Å². The van der Waals surface area contributed by atoms with Crippen LogP contribution in [0.25, 0.3) is 0 Å². The predicted octanol–water partition coefficient (Wildman–Crippen LogP) is 2.37. The summed E-state index contributed by atoms with van der Waals surface area (Å²) in [6.45, 7) is 6.62. The van der Waals surface area contributed by atoms with Crippen LogP contribution in [0.4, 0.5) is 5.69 Å². The van der Waals surface area contributed by atoms with Crippen molar-refractivity contribution >= 4 is 17.5 Å². The third-order valence-corrected chi connectivity index (χ3v) is 5.67. The lowest BCUT2D eigenvalue weighted by Crippen LogP contribution is -2.53. The molecule has 1 aromatic rings. The van der Waals surface area contributed by atoms with Gasteiger partial charge in [-0.3, -0.25) is 9.59 Å². The molecule has 5 heteroatoms. The summed E-state index contributed by atoms with van der Waals surface area (Å²) in [6, 6.07) is 10.2. The molecule has 1 aromatic carbocycles. The summed E-state index contributed by atoms with van der Waals surface area (Å²) < 4.78 is 0. The number of hydrogen-bond acceptors (Lipinski definition) is 3. The first-order valence-electron chi connectivity index (χ1n) is 9.28. The van der Waals surface area contributed by atoms with Crippen LogP contribution in [0.5, 0.6) is 0 Å². The highest BCUT2D eigenvalue weighted by Gasteiger charge is 2.49. The topological polar surface area (TPSA) is 43.9 Å². The molecule has 2 amide bonds. The summed E-state index contributed by atoms with van der Waals surface area (Å²) in [5, 5.41) is 0. The molecule has 2 aliphatic rings. The zero-order valence-corrected chi connectivity index (χ0v) is 15.6. The van der Waals surface area contributed by atoms with E-state index in [2.05, 4.69) is 13.8 Å². The number of likely N-dealkylation sites (N-methyl/N-ethyl adjacent to an activating group) is 1. The fraction of sp³-hybridized carbons (Fsp3) is 0.600. The van der Waals surface area contributed by atoms with Gasteiger partial charge in [-0.05, 0) is 45.2 Å². The Labute approximate surface area is 150 Å². The lowest BCUT2D eigenvalue weighted by Gasteiger charge is -2.41. The molecule has 0 aromatic heterocycles. The van der Waals surface area contributed by atoms with Crippen LogP contribution in [-0.4, -0.2) is 60.9 Å². The molecule has 25 heavy (non-hydrogen) atoms. The normalized spacial score (nSPS) is 23.6. The summed E-state index contributed by atoms with van der Waals surface area (Å²) in [5.41, 5.74) is 0.688. The Morgan fingerprint density at radius 3 is 2.60 bits per heavy atom. The molecule has 2 aliphatic heterocycles. The molecule has 0 N–H and O–H groups in total. The molecule has 0 radical (unpaired) electrons. The first-order valence-corrected chi connectivity index (χ1v) is 9.28. The van der Waals surface area contributed by atoms with Crippen molar-refractivity contribution in [1.29, 1.82) is 0 Å². The highest BCUT2D eigenvalue weighted by Crippen LogP contribution is 2.40. The Bertz CT molecular complexity index is 631. The number of piperidine rings is 1. The van der Waals surface area contributed by atoms with Gasteiger partial charge >= 0.3 is 0 Å². The van der Waals surface area contributed by atoms with Crippen LogP contribution in [0.3, 0.4) is 0 Å². The van der Waals surface area contributed by atoms with E-state index in [1.165, 1.54) is 0 Å². The van der Waals surface area contributed by atoms with E-state index >= 15 is 0 Å². The Hall–Kier alpha value is -2.04. The van der Waals surface area contributed by atoms with Crippen LogP contribution in [0, 0.1) is 5.41 Å². The Kier molecular flexibility index (Phi) is 5.02. The van der Waals surface area contributed by atoms with E-state index in [1.54, 1.807) is 0 Å². The zero-order chi connectivity index (χ0) is 18.0. The summed E-state index contributed by atoms with van der Waals surface area (Å²) in [5.74, 6) is 0.359. The fourth-order valence-corrected chi connectivity index (χ4v) is 4.13. The molecule has 0 saturated carbocycles. The van der Waals surface area contributed by atoms with Gasteiger partial charge in [-0.15, -0.1) is 0 Å². The van der Waals surface area contributed by atoms with Gasteiger partial charge in [0.25, 0.3) is 0 Å². The third kappa shape index (κ3) is 3.51. The van der Waals surface area contributed by atoms with Gasteiger partial charge < -0.3 is 14.7 Å². The second-order valence-electron chi connectivity index (χ2n) is 7.73. The SMILES string of the molecule is CC(C)N1CCC[C@@]2(CCN(C(=O)CN(C)c3ccccc3)C2)C1=O. The quantitative estimate of drug-likeness (QED) is 0.843. The number of amides is 2. The van der Waals surface area contributed by atoms with Gasteiger partial charge in [0.2, 0.25) is 11.8 Å². The lowest BCUT2D eigenvalue weighted by atomic mass is 9.78. The molecule has 0 unspecified atom stereocenters. The van der Waals surface area contributed by atoms with Gasteiger partial charge in [0.05, 0.1) is 12.0 Å². The number of carbonyl (C=O) groups is 2. The Balaban J connectivity index is 1.64. The zero-order valence-electron chi connectivity index (χ0n) is 15.6. The molecule has 2 saturated heterocycles. The van der Waals surface area contributed by atoms with Gasteiger partial charge in [0.15, 0.2) is 0 Å². The van der Waals surface area contributed by atoms with Crippen molar-refractivity contribution in [3.05, 3.63) is 30.3 Å². The van der Waals surface area contributed by atoms with E-state index in [4.69, 9.17) is 0 Å². The van der Waals surface area contributed by atoms with Gasteiger partial charge in [0, 0.05) is 38.4 Å². The lowest BCUT2D eigenvalue weighted by molar-refractivity contribution is -0.148. The van der Waals surface area contributed by atoms with Gasteiger partial charge in [0.1, 0.15) is 0 Å². The third-order valence-electron chi connectivity index (χ3n) is 5.67. The number of hydrogen-bond donors (Lipinski definition) is 0. The largest absolute Gasteiger partial charge is 0.365 e. The van der Waals surface area contributed by atoms with Crippen molar-refractivity contribution < 1.29 is 9.59 Å². The molecule has 3 rings (SSSR count). The van der Waals surface area contributed by atoms with Crippen molar-refractivity contribution in [3.8, 4) is 0 Å². The fourth-order valence-electron chi connectivity index (χ4n) is 4.13. The number of rotatable bonds is 4. The maximum absolute atomic E-state index is 13.0. The number of anilines is 1. The Morgan fingerprint density at radius 2 is 1.92 bits per heavy atom. The summed E-state index contributed by atoms with van der Waals surface area (Å²) in [4.78, 5) is 31.6. The molecular formula is C20H29N3O2. The van der Waals surface area contributed by atoms with Crippen molar-refractivity contribution in [2.45, 2.75) is 39.2 Å². The van der Waals surface area contributed by atoms with Crippen LogP contribution >= 0.6 is 0 Å². The van der Waals surface area contributed by atoms with Crippen molar-refractivity contribution in [2.75, 3.05) is 38.1 Å². The average molecular weight is 343 g/mol. The summed E-state index contributed by atoms with van der Waals surface area (Å²) >= 11 is 0. The van der Waals surface area contributed by atoms with Crippen LogP contribution in [-0.2, 0) is 9.59 Å². The molecule has 1 atom stereocenters. The smallest absolute Gasteiger partial charge is 0.242 e. The summed E-state index contributed by atoms with van der Waals surface area (Å²) in [6.07, 6.45) is 2.75.